The molecule has 2 rings (SSSR count). The first kappa shape index (κ1) is 12.6. The standard InChI is InChI=1S/C11H16N4O3/c1-14-9(8(5-13-14)11(17)18)6-15-4-2-3-12-10(16)7-15/h5H,2-4,6-7H2,1H3,(H,12,16)(H,17,18). The average molecular weight is 252 g/mol. The van der Waals surface area contributed by atoms with Gasteiger partial charge in [0, 0.05) is 26.7 Å². The van der Waals surface area contributed by atoms with Crippen LogP contribution in [0.2, 0.25) is 0 Å². The number of nitrogens with zero attached hydrogens (tertiary/aromatic N) is 3. The highest BCUT2D eigenvalue weighted by Gasteiger charge is 2.20. The van der Waals surface area contributed by atoms with Crippen molar-refractivity contribution in [3.8, 4) is 0 Å². The molecule has 0 spiro atoms. The van der Waals surface area contributed by atoms with E-state index in [0.717, 1.165) is 13.0 Å². The number of hydrogen-bond acceptors (Lipinski definition) is 4. The number of hydrogen-bond donors (Lipinski definition) is 2. The molecule has 1 fully saturated rings. The molecule has 0 saturated carbocycles. The first-order valence-corrected chi connectivity index (χ1v) is 5.81. The van der Waals surface area contributed by atoms with Crippen LogP contribution in [0.15, 0.2) is 6.20 Å². The van der Waals surface area contributed by atoms with Crippen molar-refractivity contribution < 1.29 is 14.7 Å². The molecule has 98 valence electrons. The second-order valence-electron chi connectivity index (χ2n) is 4.35. The number of nitrogens with one attached hydrogen (secondary N) is 1. The fourth-order valence-corrected chi connectivity index (χ4v) is 2.04. The number of carboxylic acids is 1. The maximum atomic E-state index is 11.4. The van der Waals surface area contributed by atoms with E-state index in [4.69, 9.17) is 5.11 Å². The molecule has 1 aliphatic heterocycles. The molecule has 0 bridgehead atoms. The molecule has 7 nitrogen and oxygen atoms in total. The SMILES string of the molecule is Cn1ncc(C(=O)O)c1CN1CCCNC(=O)C1. The molecule has 7 heteroatoms. The molecular weight excluding hydrogens is 236 g/mol. The maximum Gasteiger partial charge on any atom is 0.339 e. The number of amides is 1. The summed E-state index contributed by atoms with van der Waals surface area (Å²) < 4.78 is 1.55. The average Bonchev–Trinajstić information content (AvgIpc) is 2.54. The van der Waals surface area contributed by atoms with Gasteiger partial charge in [0.15, 0.2) is 0 Å². The fourth-order valence-electron chi connectivity index (χ4n) is 2.04. The first-order chi connectivity index (χ1) is 8.58. The Bertz CT molecular complexity index is 469. The van der Waals surface area contributed by atoms with Crippen LogP contribution in [0.5, 0.6) is 0 Å². The lowest BCUT2D eigenvalue weighted by atomic mass is 10.2. The Morgan fingerprint density at radius 3 is 3.11 bits per heavy atom. The van der Waals surface area contributed by atoms with Gasteiger partial charge in [0.05, 0.1) is 18.4 Å². The summed E-state index contributed by atoms with van der Waals surface area (Å²) in [5, 5.41) is 15.8. The van der Waals surface area contributed by atoms with E-state index in [1.165, 1.54) is 6.20 Å². The molecule has 0 atom stereocenters. The van der Waals surface area contributed by atoms with Crippen molar-refractivity contribution in [2.24, 2.45) is 7.05 Å². The third-order valence-electron chi connectivity index (χ3n) is 3.01. The summed E-state index contributed by atoms with van der Waals surface area (Å²) in [6.07, 6.45) is 2.21. The summed E-state index contributed by atoms with van der Waals surface area (Å²) in [7, 11) is 1.71. The minimum atomic E-state index is -0.989. The van der Waals surface area contributed by atoms with Gasteiger partial charge in [-0.3, -0.25) is 14.4 Å². The summed E-state index contributed by atoms with van der Waals surface area (Å²) in [5.41, 5.74) is 0.819. The summed E-state index contributed by atoms with van der Waals surface area (Å²) in [6, 6.07) is 0. The maximum absolute atomic E-state index is 11.4. The van der Waals surface area contributed by atoms with Crippen LogP contribution < -0.4 is 5.32 Å². The van der Waals surface area contributed by atoms with E-state index in [-0.39, 0.29) is 11.5 Å². The molecule has 1 aromatic rings. The third-order valence-corrected chi connectivity index (χ3v) is 3.01. The van der Waals surface area contributed by atoms with Crippen molar-refractivity contribution in [1.82, 2.24) is 20.0 Å². The van der Waals surface area contributed by atoms with Gasteiger partial charge >= 0.3 is 5.97 Å². The first-order valence-electron chi connectivity index (χ1n) is 5.81. The Balaban J connectivity index is 2.15. The predicted molar refractivity (Wildman–Crippen MR) is 63.1 cm³/mol. The lowest BCUT2D eigenvalue weighted by molar-refractivity contribution is -0.121. The van der Waals surface area contributed by atoms with Gasteiger partial charge in [0.2, 0.25) is 5.91 Å². The van der Waals surface area contributed by atoms with Gasteiger partial charge in [-0.2, -0.15) is 5.10 Å². The second-order valence-corrected chi connectivity index (χ2v) is 4.35. The van der Waals surface area contributed by atoms with Gasteiger partial charge in [-0.1, -0.05) is 0 Å². The minimum Gasteiger partial charge on any atom is -0.478 e. The molecule has 0 unspecified atom stereocenters. The normalized spacial score (nSPS) is 17.3. The van der Waals surface area contributed by atoms with Crippen LogP contribution >= 0.6 is 0 Å². The van der Waals surface area contributed by atoms with Gasteiger partial charge in [0.25, 0.3) is 0 Å². The topological polar surface area (TPSA) is 87.5 Å². The summed E-state index contributed by atoms with van der Waals surface area (Å²) in [6.45, 7) is 2.16. The van der Waals surface area contributed by atoms with Crippen LogP contribution in [-0.2, 0) is 18.4 Å². The van der Waals surface area contributed by atoms with E-state index in [2.05, 4.69) is 10.4 Å². The molecule has 18 heavy (non-hydrogen) atoms. The number of aryl methyl sites for hydroxylation is 1. The van der Waals surface area contributed by atoms with E-state index >= 15 is 0 Å². The van der Waals surface area contributed by atoms with E-state index in [1.807, 2.05) is 4.90 Å². The Labute approximate surface area is 104 Å². The fraction of sp³-hybridized carbons (Fsp3) is 0.545. The van der Waals surface area contributed by atoms with Gasteiger partial charge in [-0.15, -0.1) is 0 Å². The molecule has 1 aromatic heterocycles. The van der Waals surface area contributed by atoms with E-state index in [1.54, 1.807) is 11.7 Å². The summed E-state index contributed by atoms with van der Waals surface area (Å²) in [4.78, 5) is 24.4. The van der Waals surface area contributed by atoms with Crippen molar-refractivity contribution in [3.63, 3.8) is 0 Å². The number of aromatic nitrogens is 2. The number of rotatable bonds is 3. The number of carbonyl (C=O) groups is 2. The number of carboxylic acid groups (broad SMARTS) is 1. The lowest BCUT2D eigenvalue weighted by Crippen LogP contribution is -2.33. The molecule has 1 saturated heterocycles. The van der Waals surface area contributed by atoms with Crippen LogP contribution in [0.3, 0.4) is 0 Å². The van der Waals surface area contributed by atoms with E-state index in [0.29, 0.717) is 25.3 Å². The summed E-state index contributed by atoms with van der Waals surface area (Å²) >= 11 is 0. The molecule has 2 N–H and O–H groups in total. The Kier molecular flexibility index (Phi) is 3.61. The smallest absolute Gasteiger partial charge is 0.339 e. The van der Waals surface area contributed by atoms with Gasteiger partial charge in [0.1, 0.15) is 5.56 Å². The van der Waals surface area contributed by atoms with Crippen LogP contribution in [0, 0.1) is 0 Å². The highest BCUT2D eigenvalue weighted by molar-refractivity contribution is 5.88. The zero-order valence-corrected chi connectivity index (χ0v) is 10.2. The largest absolute Gasteiger partial charge is 0.478 e. The molecule has 0 radical (unpaired) electrons. The van der Waals surface area contributed by atoms with Crippen LogP contribution in [0.25, 0.3) is 0 Å². The van der Waals surface area contributed by atoms with Crippen molar-refractivity contribution >= 4 is 11.9 Å². The number of aromatic carboxylic acids is 1. The van der Waals surface area contributed by atoms with Crippen molar-refractivity contribution in [3.05, 3.63) is 17.5 Å². The van der Waals surface area contributed by atoms with Crippen LogP contribution in [-0.4, -0.2) is 51.3 Å². The van der Waals surface area contributed by atoms with Crippen molar-refractivity contribution in [2.75, 3.05) is 19.6 Å². The minimum absolute atomic E-state index is 0.0217. The molecular formula is C11H16N4O3. The quantitative estimate of drug-likeness (QED) is 0.753. The highest BCUT2D eigenvalue weighted by Crippen LogP contribution is 2.11. The van der Waals surface area contributed by atoms with Gasteiger partial charge in [-0.25, -0.2) is 4.79 Å². The van der Waals surface area contributed by atoms with Crippen LogP contribution in [0.4, 0.5) is 0 Å². The molecule has 2 heterocycles. The van der Waals surface area contributed by atoms with E-state index < -0.39 is 5.97 Å². The van der Waals surface area contributed by atoms with Crippen LogP contribution in [0.1, 0.15) is 22.5 Å². The monoisotopic (exact) mass is 252 g/mol. The Morgan fingerprint density at radius 1 is 1.61 bits per heavy atom. The summed E-state index contributed by atoms with van der Waals surface area (Å²) in [5.74, 6) is -1.01. The van der Waals surface area contributed by atoms with Gasteiger partial charge in [-0.05, 0) is 6.42 Å². The van der Waals surface area contributed by atoms with Crippen molar-refractivity contribution in [2.45, 2.75) is 13.0 Å². The van der Waals surface area contributed by atoms with E-state index in [9.17, 15) is 9.59 Å². The Hall–Kier alpha value is -1.89. The predicted octanol–water partition coefficient (Wildman–Crippen LogP) is -0.560. The van der Waals surface area contributed by atoms with Crippen molar-refractivity contribution in [1.29, 1.82) is 0 Å². The molecule has 1 aliphatic rings. The molecule has 0 aliphatic carbocycles. The van der Waals surface area contributed by atoms with Gasteiger partial charge < -0.3 is 10.4 Å². The molecule has 1 amide bonds. The number of carbonyl (C=O) groups excluding carboxylic acids is 1. The highest BCUT2D eigenvalue weighted by atomic mass is 16.4. The Morgan fingerprint density at radius 2 is 2.39 bits per heavy atom. The zero-order chi connectivity index (χ0) is 13.1. The molecule has 0 aromatic carbocycles. The second kappa shape index (κ2) is 5.18. The third kappa shape index (κ3) is 2.67. The zero-order valence-electron chi connectivity index (χ0n) is 10.2. The lowest BCUT2D eigenvalue weighted by Gasteiger charge is -2.18.